The zero-order chi connectivity index (χ0) is 29.7. The first-order valence-electron chi connectivity index (χ1n) is 15.7. The predicted molar refractivity (Wildman–Crippen MR) is 164 cm³/mol. The number of hydrogen-bond donors (Lipinski definition) is 2. The monoisotopic (exact) mass is 588 g/mol. The fourth-order valence-electron chi connectivity index (χ4n) is 7.06. The van der Waals surface area contributed by atoms with Gasteiger partial charge in [-0.25, -0.2) is 18.7 Å². The Morgan fingerprint density at radius 1 is 1.07 bits per heavy atom. The molecule has 2 saturated heterocycles. The van der Waals surface area contributed by atoms with E-state index in [2.05, 4.69) is 17.1 Å². The molecule has 7 rings (SSSR count). The van der Waals surface area contributed by atoms with Crippen LogP contribution in [0.15, 0.2) is 30.3 Å². The number of piperidine rings is 1. The van der Waals surface area contributed by atoms with Crippen LogP contribution in [-0.4, -0.2) is 53.5 Å². The van der Waals surface area contributed by atoms with Crippen molar-refractivity contribution in [2.24, 2.45) is 5.92 Å². The molecule has 226 valence electrons. The Morgan fingerprint density at radius 2 is 1.95 bits per heavy atom. The lowest BCUT2D eigenvalue weighted by Gasteiger charge is -2.30. The molecule has 9 heteroatoms. The number of fused-ring (bicyclic) bond motifs is 3. The Labute approximate surface area is 250 Å². The summed E-state index contributed by atoms with van der Waals surface area (Å²) in [7, 11) is 0. The maximum Gasteiger partial charge on any atom is 0.225 e. The number of pyridine rings is 2. The van der Waals surface area contributed by atoms with Gasteiger partial charge in [-0.2, -0.15) is 0 Å². The molecular weight excluding hydrogens is 550 g/mol. The minimum Gasteiger partial charge on any atom is -0.508 e. The number of benzene rings is 2. The maximum absolute atomic E-state index is 16.9. The molecule has 0 aliphatic carbocycles. The van der Waals surface area contributed by atoms with E-state index in [9.17, 15) is 5.11 Å². The third-order valence-electron chi connectivity index (χ3n) is 9.41. The average Bonchev–Trinajstić information content (AvgIpc) is 3.33. The summed E-state index contributed by atoms with van der Waals surface area (Å²) in [6.45, 7) is 6.65. The Balaban J connectivity index is 1.42. The van der Waals surface area contributed by atoms with Gasteiger partial charge in [-0.15, -0.1) is 0 Å². The molecule has 2 fully saturated rings. The first-order chi connectivity index (χ1) is 20.9. The van der Waals surface area contributed by atoms with Gasteiger partial charge in [0, 0.05) is 36.7 Å². The quantitative estimate of drug-likeness (QED) is 0.262. The largest absolute Gasteiger partial charge is 0.508 e. The van der Waals surface area contributed by atoms with Crippen molar-refractivity contribution in [1.29, 1.82) is 0 Å². The van der Waals surface area contributed by atoms with Crippen LogP contribution in [0.5, 0.6) is 17.5 Å². The van der Waals surface area contributed by atoms with Crippen LogP contribution in [-0.2, 0) is 6.42 Å². The van der Waals surface area contributed by atoms with E-state index in [4.69, 9.17) is 19.4 Å². The second-order valence-electron chi connectivity index (χ2n) is 12.3. The summed E-state index contributed by atoms with van der Waals surface area (Å²) in [5.41, 5.74) is 1.66. The van der Waals surface area contributed by atoms with E-state index in [0.717, 1.165) is 57.3 Å². The van der Waals surface area contributed by atoms with Gasteiger partial charge in [0.25, 0.3) is 0 Å². The second kappa shape index (κ2) is 11.4. The predicted octanol–water partition coefficient (Wildman–Crippen LogP) is 6.90. The molecule has 0 spiro atoms. The Hall–Kier alpha value is -3.72. The highest BCUT2D eigenvalue weighted by Gasteiger charge is 2.32. The number of aromatic nitrogens is 2. The van der Waals surface area contributed by atoms with Crippen molar-refractivity contribution in [1.82, 2.24) is 15.3 Å². The maximum atomic E-state index is 16.9. The number of nitrogens with one attached hydrogen (secondary N) is 1. The van der Waals surface area contributed by atoms with Crippen LogP contribution in [0.2, 0.25) is 0 Å². The standard InChI is InChI=1S/C34H38F2N4O3/c1-3-24-26(35)11-10-21-13-23(41)14-25(29(21)24)32-31(36)33-30-27(15-28(38-33)42-17-20-9-8-19(2)37-16-20)40-12-6-4-5-7-22(40)18-43-34(30)39-32/h10-11,13-15,19-20,22,37,41H,3-9,12,16-18H2,1-2H3/t19-,20-,22?/m0/s1. The minimum absolute atomic E-state index is 0.0261. The van der Waals surface area contributed by atoms with Crippen molar-refractivity contribution in [2.75, 3.05) is 31.2 Å². The lowest BCUT2D eigenvalue weighted by atomic mass is 9.94. The van der Waals surface area contributed by atoms with Gasteiger partial charge in [0.2, 0.25) is 11.8 Å². The minimum atomic E-state index is -0.645. The summed E-state index contributed by atoms with van der Waals surface area (Å²) >= 11 is 0. The van der Waals surface area contributed by atoms with Crippen molar-refractivity contribution in [3.05, 3.63) is 47.5 Å². The van der Waals surface area contributed by atoms with Crippen molar-refractivity contribution < 1.29 is 23.4 Å². The number of halogens is 2. The molecule has 43 heavy (non-hydrogen) atoms. The highest BCUT2D eigenvalue weighted by atomic mass is 19.1. The molecule has 3 atom stereocenters. The van der Waals surface area contributed by atoms with Crippen molar-refractivity contribution in [2.45, 2.75) is 70.9 Å². The van der Waals surface area contributed by atoms with Crippen LogP contribution in [0.4, 0.5) is 14.5 Å². The molecular formula is C34H38F2N4O3. The van der Waals surface area contributed by atoms with Crippen molar-refractivity contribution >= 4 is 27.4 Å². The van der Waals surface area contributed by atoms with Crippen molar-refractivity contribution in [3.8, 4) is 28.8 Å². The Morgan fingerprint density at radius 3 is 2.77 bits per heavy atom. The first kappa shape index (κ1) is 28.1. The number of aromatic hydroxyl groups is 1. The highest BCUT2D eigenvalue weighted by Crippen LogP contribution is 2.45. The molecule has 3 aliphatic heterocycles. The van der Waals surface area contributed by atoms with E-state index in [1.807, 2.05) is 13.0 Å². The fourth-order valence-corrected chi connectivity index (χ4v) is 7.06. The number of rotatable bonds is 5. The zero-order valence-electron chi connectivity index (χ0n) is 24.8. The summed E-state index contributed by atoms with van der Waals surface area (Å²) in [4.78, 5) is 11.8. The molecule has 7 nitrogen and oxygen atoms in total. The number of nitrogens with zero attached hydrogens (tertiary/aromatic N) is 3. The van der Waals surface area contributed by atoms with Crippen molar-refractivity contribution in [3.63, 3.8) is 0 Å². The van der Waals surface area contributed by atoms with Crippen LogP contribution < -0.4 is 19.7 Å². The van der Waals surface area contributed by atoms with Gasteiger partial charge in [-0.3, -0.25) is 0 Å². The molecule has 0 saturated carbocycles. The third kappa shape index (κ3) is 5.11. The van der Waals surface area contributed by atoms with E-state index < -0.39 is 5.82 Å². The molecule has 4 aromatic rings. The lowest BCUT2D eigenvalue weighted by Crippen LogP contribution is -2.39. The van der Waals surface area contributed by atoms with Gasteiger partial charge < -0.3 is 24.8 Å². The summed E-state index contributed by atoms with van der Waals surface area (Å²) in [5, 5.41) is 15.8. The number of ether oxygens (including phenoxy) is 2. The highest BCUT2D eigenvalue weighted by molar-refractivity contribution is 6.04. The summed E-state index contributed by atoms with van der Waals surface area (Å²) in [6.07, 6.45) is 6.77. The number of phenols is 1. The van der Waals surface area contributed by atoms with Gasteiger partial charge in [0.05, 0.1) is 23.7 Å². The number of aryl methyl sites for hydroxylation is 1. The van der Waals surface area contributed by atoms with Gasteiger partial charge >= 0.3 is 0 Å². The molecule has 5 heterocycles. The Bertz CT molecular complexity index is 1690. The topological polar surface area (TPSA) is 79.7 Å². The molecule has 0 radical (unpaired) electrons. The number of phenolic OH excluding ortho intramolecular Hbond substituents is 1. The van der Waals surface area contributed by atoms with Crippen LogP contribution in [0.1, 0.15) is 57.9 Å². The first-order valence-corrected chi connectivity index (χ1v) is 15.7. The van der Waals surface area contributed by atoms with Crippen LogP contribution >= 0.6 is 0 Å². The summed E-state index contributed by atoms with van der Waals surface area (Å²) < 4.78 is 44.5. The van der Waals surface area contributed by atoms with E-state index in [1.54, 1.807) is 12.1 Å². The molecule has 3 aliphatic rings. The summed E-state index contributed by atoms with van der Waals surface area (Å²) in [6, 6.07) is 8.53. The van der Waals surface area contributed by atoms with Gasteiger partial charge in [-0.05, 0) is 73.6 Å². The lowest BCUT2D eigenvalue weighted by molar-refractivity contribution is 0.199. The second-order valence-corrected chi connectivity index (χ2v) is 12.3. The number of hydrogen-bond acceptors (Lipinski definition) is 7. The number of anilines is 1. The van der Waals surface area contributed by atoms with Crippen LogP contribution in [0, 0.1) is 17.6 Å². The van der Waals surface area contributed by atoms with Crippen LogP contribution in [0.25, 0.3) is 32.9 Å². The van der Waals surface area contributed by atoms with Crippen LogP contribution in [0.3, 0.4) is 0 Å². The fraction of sp³-hybridized carbons (Fsp3) is 0.471. The van der Waals surface area contributed by atoms with E-state index in [1.165, 1.54) is 12.1 Å². The zero-order valence-corrected chi connectivity index (χ0v) is 24.8. The van der Waals surface area contributed by atoms with E-state index >= 15 is 8.78 Å². The SMILES string of the molecule is CCc1c(F)ccc2cc(O)cc(-c3nc4c5c(cc(OC[C@H]6CC[C@H](C)NC6)nc5c3F)N3CCCCCC3CO4)c12. The molecule has 0 amide bonds. The third-order valence-corrected chi connectivity index (χ3v) is 9.41. The van der Waals surface area contributed by atoms with E-state index in [0.29, 0.717) is 70.6 Å². The van der Waals surface area contributed by atoms with Gasteiger partial charge in [0.1, 0.15) is 29.4 Å². The molecule has 2 aromatic carbocycles. The smallest absolute Gasteiger partial charge is 0.225 e. The molecule has 1 unspecified atom stereocenters. The average molecular weight is 589 g/mol. The summed E-state index contributed by atoms with van der Waals surface area (Å²) in [5.74, 6) is -0.0730. The van der Waals surface area contributed by atoms with Gasteiger partial charge in [-0.1, -0.05) is 25.8 Å². The van der Waals surface area contributed by atoms with E-state index in [-0.39, 0.29) is 28.8 Å². The molecule has 2 aromatic heterocycles. The Kier molecular flexibility index (Phi) is 7.45. The normalized spacial score (nSPS) is 22.1. The van der Waals surface area contributed by atoms with Gasteiger partial charge in [0.15, 0.2) is 5.82 Å². The molecule has 2 N–H and O–H groups in total. The molecule has 0 bridgehead atoms.